The summed E-state index contributed by atoms with van der Waals surface area (Å²) in [5.74, 6) is 0.679. The summed E-state index contributed by atoms with van der Waals surface area (Å²) >= 11 is 0. The first kappa shape index (κ1) is 17.3. The Morgan fingerprint density at radius 1 is 1.44 bits per heavy atom. The minimum absolute atomic E-state index is 0.0556. The van der Waals surface area contributed by atoms with Crippen LogP contribution in [0.4, 0.5) is 4.79 Å². The normalized spacial score (nSPS) is 18.7. The van der Waals surface area contributed by atoms with E-state index in [1.807, 2.05) is 41.9 Å². The monoisotopic (exact) mass is 343 g/mol. The molecule has 0 aromatic carbocycles. The lowest BCUT2D eigenvalue weighted by Crippen LogP contribution is -2.46. The van der Waals surface area contributed by atoms with Gasteiger partial charge in [-0.1, -0.05) is 0 Å². The largest absolute Gasteiger partial charge is 0.495 e. The lowest BCUT2D eigenvalue weighted by molar-refractivity contribution is 0.160. The Bertz CT molecular complexity index is 730. The summed E-state index contributed by atoms with van der Waals surface area (Å²) in [6.45, 7) is 5.42. The molecule has 0 aliphatic carbocycles. The number of urea groups is 1. The SMILES string of the molecule is COc1cnccc1[C@H](C)NC(=O)N1CCC[C@@H](n2cc(C)cn2)C1. The quantitative estimate of drug-likeness (QED) is 0.926. The molecule has 0 saturated carbocycles. The molecule has 0 unspecified atom stereocenters. The number of carbonyl (C=O) groups is 1. The molecule has 7 heteroatoms. The third-order valence-electron chi connectivity index (χ3n) is 4.63. The Hall–Kier alpha value is -2.57. The maximum absolute atomic E-state index is 12.7. The second-order valence-corrected chi connectivity index (χ2v) is 6.53. The second kappa shape index (κ2) is 7.55. The lowest BCUT2D eigenvalue weighted by atomic mass is 10.1. The van der Waals surface area contributed by atoms with Gasteiger partial charge < -0.3 is 15.0 Å². The number of hydrogen-bond acceptors (Lipinski definition) is 4. The number of hydrogen-bond donors (Lipinski definition) is 1. The van der Waals surface area contributed by atoms with Gasteiger partial charge in [0.15, 0.2) is 0 Å². The number of nitrogens with zero attached hydrogens (tertiary/aromatic N) is 4. The fourth-order valence-electron chi connectivity index (χ4n) is 3.26. The molecule has 1 saturated heterocycles. The molecule has 2 aromatic heterocycles. The molecule has 0 spiro atoms. The Kier molecular flexibility index (Phi) is 5.21. The van der Waals surface area contributed by atoms with E-state index >= 15 is 0 Å². The molecule has 0 bridgehead atoms. The van der Waals surface area contributed by atoms with Crippen molar-refractivity contribution in [1.82, 2.24) is 25.0 Å². The number of likely N-dealkylation sites (tertiary alicyclic amines) is 1. The predicted molar refractivity (Wildman–Crippen MR) is 94.5 cm³/mol. The van der Waals surface area contributed by atoms with E-state index in [2.05, 4.69) is 15.4 Å². The van der Waals surface area contributed by atoms with E-state index in [9.17, 15) is 4.79 Å². The Morgan fingerprint density at radius 3 is 3.00 bits per heavy atom. The van der Waals surface area contributed by atoms with Gasteiger partial charge in [0.25, 0.3) is 0 Å². The molecule has 3 heterocycles. The van der Waals surface area contributed by atoms with Crippen LogP contribution in [0, 0.1) is 6.92 Å². The van der Waals surface area contributed by atoms with Crippen LogP contribution in [0.25, 0.3) is 0 Å². The highest BCUT2D eigenvalue weighted by Gasteiger charge is 2.26. The molecule has 0 radical (unpaired) electrons. The standard InChI is InChI=1S/C18H25N5O2/c1-13-9-20-23(11-13)15-5-4-8-22(12-15)18(24)21-14(2)16-6-7-19-10-17(16)25-3/h6-7,9-11,14-15H,4-5,8,12H2,1-3H3,(H,21,24)/t14-,15+/m0/s1. The van der Waals surface area contributed by atoms with Crippen LogP contribution >= 0.6 is 0 Å². The molecule has 1 aliphatic heterocycles. The van der Waals surface area contributed by atoms with E-state index in [-0.39, 0.29) is 18.1 Å². The maximum atomic E-state index is 12.7. The van der Waals surface area contributed by atoms with Crippen molar-refractivity contribution in [3.63, 3.8) is 0 Å². The molecular weight excluding hydrogens is 318 g/mol. The Morgan fingerprint density at radius 2 is 2.28 bits per heavy atom. The van der Waals surface area contributed by atoms with Crippen LogP contribution in [0.5, 0.6) is 5.75 Å². The zero-order valence-corrected chi connectivity index (χ0v) is 15.0. The van der Waals surface area contributed by atoms with Gasteiger partial charge >= 0.3 is 6.03 Å². The van der Waals surface area contributed by atoms with Gasteiger partial charge in [0.1, 0.15) is 5.75 Å². The maximum Gasteiger partial charge on any atom is 0.317 e. The van der Waals surface area contributed by atoms with Crippen LogP contribution < -0.4 is 10.1 Å². The Labute approximate surface area is 148 Å². The summed E-state index contributed by atoms with van der Waals surface area (Å²) in [7, 11) is 1.61. The molecule has 1 fully saturated rings. The first-order valence-corrected chi connectivity index (χ1v) is 8.62. The van der Waals surface area contributed by atoms with Crippen LogP contribution in [0.2, 0.25) is 0 Å². The molecule has 25 heavy (non-hydrogen) atoms. The molecule has 134 valence electrons. The van der Waals surface area contributed by atoms with Gasteiger partial charge in [0.2, 0.25) is 0 Å². The van der Waals surface area contributed by atoms with Crippen molar-refractivity contribution < 1.29 is 9.53 Å². The molecule has 1 aliphatic rings. The number of nitrogens with one attached hydrogen (secondary N) is 1. The van der Waals surface area contributed by atoms with Gasteiger partial charge in [0, 0.05) is 31.0 Å². The highest BCUT2D eigenvalue weighted by atomic mass is 16.5. The third kappa shape index (κ3) is 3.92. The first-order chi connectivity index (χ1) is 12.1. The number of aryl methyl sites for hydroxylation is 1. The number of rotatable bonds is 4. The smallest absolute Gasteiger partial charge is 0.317 e. The molecule has 1 N–H and O–H groups in total. The van der Waals surface area contributed by atoms with E-state index in [4.69, 9.17) is 4.74 Å². The van der Waals surface area contributed by atoms with Gasteiger partial charge in [-0.25, -0.2) is 4.79 Å². The second-order valence-electron chi connectivity index (χ2n) is 6.53. The van der Waals surface area contributed by atoms with Crippen molar-refractivity contribution in [2.24, 2.45) is 0 Å². The van der Waals surface area contributed by atoms with Crippen molar-refractivity contribution in [2.45, 2.75) is 38.8 Å². The van der Waals surface area contributed by atoms with Crippen molar-refractivity contribution in [1.29, 1.82) is 0 Å². The summed E-state index contributed by atoms with van der Waals surface area (Å²) in [5, 5.41) is 7.47. The van der Waals surface area contributed by atoms with Gasteiger partial charge in [-0.3, -0.25) is 9.67 Å². The number of pyridine rings is 1. The number of aromatic nitrogens is 3. The zero-order chi connectivity index (χ0) is 17.8. The molecule has 2 aromatic rings. The van der Waals surface area contributed by atoms with E-state index in [0.717, 1.165) is 30.5 Å². The Balaban J connectivity index is 1.64. The van der Waals surface area contributed by atoms with Crippen LogP contribution in [0.3, 0.4) is 0 Å². The number of carbonyl (C=O) groups excluding carboxylic acids is 1. The van der Waals surface area contributed by atoms with Gasteiger partial charge in [-0.2, -0.15) is 5.10 Å². The predicted octanol–water partition coefficient (Wildman–Crippen LogP) is 2.70. The summed E-state index contributed by atoms with van der Waals surface area (Å²) in [4.78, 5) is 18.6. The van der Waals surface area contributed by atoms with Crippen LogP contribution in [-0.4, -0.2) is 45.9 Å². The molecular formula is C18H25N5O2. The molecule has 7 nitrogen and oxygen atoms in total. The number of amides is 2. The highest BCUT2D eigenvalue weighted by molar-refractivity contribution is 5.75. The first-order valence-electron chi connectivity index (χ1n) is 8.62. The molecule has 3 rings (SSSR count). The van der Waals surface area contributed by atoms with E-state index in [1.165, 1.54) is 0 Å². The minimum Gasteiger partial charge on any atom is -0.495 e. The van der Waals surface area contributed by atoms with Crippen molar-refractivity contribution in [2.75, 3.05) is 20.2 Å². The summed E-state index contributed by atoms with van der Waals surface area (Å²) < 4.78 is 7.31. The molecule has 2 amide bonds. The molecule has 2 atom stereocenters. The minimum atomic E-state index is -0.155. The summed E-state index contributed by atoms with van der Waals surface area (Å²) in [6, 6.07) is 1.90. The lowest BCUT2D eigenvalue weighted by Gasteiger charge is -2.33. The van der Waals surface area contributed by atoms with Crippen molar-refractivity contribution in [3.05, 3.63) is 42.0 Å². The topological polar surface area (TPSA) is 72.3 Å². The van der Waals surface area contributed by atoms with Crippen LogP contribution in [-0.2, 0) is 0 Å². The van der Waals surface area contributed by atoms with Gasteiger partial charge in [0.05, 0.1) is 31.6 Å². The van der Waals surface area contributed by atoms with Gasteiger partial charge in [-0.15, -0.1) is 0 Å². The summed E-state index contributed by atoms with van der Waals surface area (Å²) in [6.07, 6.45) is 9.28. The number of piperidine rings is 1. The fraction of sp³-hybridized carbons (Fsp3) is 0.500. The average molecular weight is 343 g/mol. The van der Waals surface area contributed by atoms with E-state index < -0.39 is 0 Å². The van der Waals surface area contributed by atoms with E-state index in [0.29, 0.717) is 12.3 Å². The third-order valence-corrected chi connectivity index (χ3v) is 4.63. The van der Waals surface area contributed by atoms with Crippen LogP contribution in [0.1, 0.15) is 43.0 Å². The zero-order valence-electron chi connectivity index (χ0n) is 15.0. The van der Waals surface area contributed by atoms with Crippen LogP contribution in [0.15, 0.2) is 30.9 Å². The number of ether oxygens (including phenoxy) is 1. The average Bonchev–Trinajstić information content (AvgIpc) is 3.08. The van der Waals surface area contributed by atoms with E-state index in [1.54, 1.807) is 19.5 Å². The highest BCUT2D eigenvalue weighted by Crippen LogP contribution is 2.25. The van der Waals surface area contributed by atoms with Crippen molar-refractivity contribution >= 4 is 6.03 Å². The number of methoxy groups -OCH3 is 1. The van der Waals surface area contributed by atoms with Crippen molar-refractivity contribution in [3.8, 4) is 5.75 Å². The van der Waals surface area contributed by atoms with Gasteiger partial charge in [-0.05, 0) is 38.3 Å². The fourth-order valence-corrected chi connectivity index (χ4v) is 3.26. The summed E-state index contributed by atoms with van der Waals surface area (Å²) in [5.41, 5.74) is 2.06.